The van der Waals surface area contributed by atoms with Gasteiger partial charge in [0.15, 0.2) is 0 Å². The van der Waals surface area contributed by atoms with Crippen LogP contribution in [0.1, 0.15) is 39.5 Å². The van der Waals surface area contributed by atoms with Gasteiger partial charge in [-0.1, -0.05) is 13.3 Å². The molecule has 0 radical (unpaired) electrons. The van der Waals surface area contributed by atoms with Gasteiger partial charge in [0.05, 0.1) is 12.0 Å². The van der Waals surface area contributed by atoms with Gasteiger partial charge in [0.1, 0.15) is 0 Å². The van der Waals surface area contributed by atoms with Gasteiger partial charge in [-0.05, 0) is 39.3 Å². The minimum absolute atomic E-state index is 0.0390. The van der Waals surface area contributed by atoms with Crippen LogP contribution in [-0.2, 0) is 9.59 Å². The molecular weight excluding hydrogens is 230 g/mol. The molecule has 0 spiro atoms. The Balaban J connectivity index is 2.51. The number of carbonyl (C=O) groups is 2. The highest BCUT2D eigenvalue weighted by Gasteiger charge is 2.38. The van der Waals surface area contributed by atoms with Gasteiger partial charge in [-0.25, -0.2) is 0 Å². The van der Waals surface area contributed by atoms with Gasteiger partial charge in [0, 0.05) is 6.54 Å². The van der Waals surface area contributed by atoms with Gasteiger partial charge in [0.2, 0.25) is 11.8 Å². The van der Waals surface area contributed by atoms with Crippen molar-refractivity contribution in [2.24, 2.45) is 5.41 Å². The Morgan fingerprint density at radius 2 is 1.83 bits per heavy atom. The fraction of sp³-hybridized carbons (Fsp3) is 0.846. The third-order valence-corrected chi connectivity index (χ3v) is 3.55. The van der Waals surface area contributed by atoms with Crippen LogP contribution in [0.3, 0.4) is 0 Å². The van der Waals surface area contributed by atoms with E-state index in [1.54, 1.807) is 0 Å². The zero-order chi connectivity index (χ0) is 13.4. The molecule has 1 rings (SSSR count). The summed E-state index contributed by atoms with van der Waals surface area (Å²) in [5, 5.41) is 8.74. The third kappa shape index (κ3) is 3.98. The number of piperidine rings is 1. The van der Waals surface area contributed by atoms with Crippen LogP contribution in [0.2, 0.25) is 0 Å². The van der Waals surface area contributed by atoms with E-state index in [4.69, 9.17) is 0 Å². The lowest BCUT2D eigenvalue weighted by molar-refractivity contribution is -0.135. The highest BCUT2D eigenvalue weighted by atomic mass is 16.2. The summed E-state index contributed by atoms with van der Waals surface area (Å²) < 4.78 is 0. The van der Waals surface area contributed by atoms with Crippen molar-refractivity contribution in [3.05, 3.63) is 0 Å². The summed E-state index contributed by atoms with van der Waals surface area (Å²) in [6, 6.07) is 0. The molecule has 1 saturated heterocycles. The molecule has 18 heavy (non-hydrogen) atoms. The maximum Gasteiger partial charge on any atom is 0.239 e. The highest BCUT2D eigenvalue weighted by molar-refractivity contribution is 5.87. The number of nitrogens with one attached hydrogen (secondary N) is 3. The SMILES string of the molecule is CCCC1(C(=O)NCC(=O)NCC)CCNCC1. The monoisotopic (exact) mass is 255 g/mol. The average Bonchev–Trinajstić information content (AvgIpc) is 2.38. The van der Waals surface area contributed by atoms with Gasteiger partial charge in [-0.2, -0.15) is 0 Å². The van der Waals surface area contributed by atoms with Crippen LogP contribution in [0.15, 0.2) is 0 Å². The maximum absolute atomic E-state index is 12.3. The van der Waals surface area contributed by atoms with Crippen molar-refractivity contribution < 1.29 is 9.59 Å². The summed E-state index contributed by atoms with van der Waals surface area (Å²) in [5.41, 5.74) is -0.271. The Hall–Kier alpha value is -1.10. The van der Waals surface area contributed by atoms with Crippen LogP contribution in [0, 0.1) is 5.41 Å². The molecule has 0 aromatic rings. The molecule has 2 amide bonds. The van der Waals surface area contributed by atoms with Crippen molar-refractivity contribution in [1.82, 2.24) is 16.0 Å². The van der Waals surface area contributed by atoms with E-state index >= 15 is 0 Å². The summed E-state index contributed by atoms with van der Waals surface area (Å²) in [6.07, 6.45) is 3.62. The van der Waals surface area contributed by atoms with E-state index < -0.39 is 0 Å². The molecule has 0 aliphatic carbocycles. The van der Waals surface area contributed by atoms with Gasteiger partial charge in [0.25, 0.3) is 0 Å². The molecule has 1 fully saturated rings. The molecule has 1 aliphatic heterocycles. The van der Waals surface area contributed by atoms with Crippen molar-refractivity contribution in [3.8, 4) is 0 Å². The molecule has 1 aliphatic rings. The zero-order valence-electron chi connectivity index (χ0n) is 11.5. The number of likely N-dealkylation sites (N-methyl/N-ethyl adjacent to an activating group) is 1. The van der Waals surface area contributed by atoms with E-state index in [-0.39, 0.29) is 23.8 Å². The van der Waals surface area contributed by atoms with Crippen molar-refractivity contribution >= 4 is 11.8 Å². The molecule has 104 valence electrons. The molecule has 0 bridgehead atoms. The van der Waals surface area contributed by atoms with Gasteiger partial charge >= 0.3 is 0 Å². The lowest BCUT2D eigenvalue weighted by Gasteiger charge is -2.36. The topological polar surface area (TPSA) is 70.2 Å². The number of hydrogen-bond acceptors (Lipinski definition) is 3. The van der Waals surface area contributed by atoms with Crippen molar-refractivity contribution in [1.29, 1.82) is 0 Å². The first-order chi connectivity index (χ1) is 8.64. The fourth-order valence-electron chi connectivity index (χ4n) is 2.58. The Kier molecular flexibility index (Phi) is 6.12. The molecular formula is C13H25N3O2. The van der Waals surface area contributed by atoms with Crippen LogP contribution in [0.4, 0.5) is 0 Å². The van der Waals surface area contributed by atoms with E-state index in [1.165, 1.54) is 0 Å². The second-order valence-corrected chi connectivity index (χ2v) is 4.92. The van der Waals surface area contributed by atoms with Crippen LogP contribution in [-0.4, -0.2) is 38.0 Å². The Labute approximate surface area is 109 Å². The summed E-state index contributed by atoms with van der Waals surface area (Å²) in [5.74, 6) is -0.0801. The van der Waals surface area contributed by atoms with Gasteiger partial charge < -0.3 is 16.0 Å². The molecule has 0 unspecified atom stereocenters. The number of hydrogen-bond donors (Lipinski definition) is 3. The fourth-order valence-corrected chi connectivity index (χ4v) is 2.58. The second-order valence-electron chi connectivity index (χ2n) is 4.92. The predicted molar refractivity (Wildman–Crippen MR) is 71.1 cm³/mol. The largest absolute Gasteiger partial charge is 0.355 e. The van der Waals surface area contributed by atoms with Gasteiger partial charge in [-0.3, -0.25) is 9.59 Å². The van der Waals surface area contributed by atoms with E-state index in [9.17, 15) is 9.59 Å². The minimum Gasteiger partial charge on any atom is -0.355 e. The summed E-state index contributed by atoms with van der Waals surface area (Å²) in [6.45, 7) is 6.42. The number of rotatable bonds is 6. The molecule has 0 aromatic heterocycles. The van der Waals surface area contributed by atoms with Crippen LogP contribution >= 0.6 is 0 Å². The highest BCUT2D eigenvalue weighted by Crippen LogP contribution is 2.34. The van der Waals surface area contributed by atoms with E-state index in [0.717, 1.165) is 38.8 Å². The van der Waals surface area contributed by atoms with Crippen LogP contribution < -0.4 is 16.0 Å². The zero-order valence-corrected chi connectivity index (χ0v) is 11.5. The summed E-state index contributed by atoms with van der Waals surface area (Å²) in [7, 11) is 0. The molecule has 0 saturated carbocycles. The number of carbonyl (C=O) groups excluding carboxylic acids is 2. The first-order valence-corrected chi connectivity index (χ1v) is 6.90. The smallest absolute Gasteiger partial charge is 0.239 e. The Morgan fingerprint density at radius 3 is 2.39 bits per heavy atom. The van der Waals surface area contributed by atoms with E-state index in [0.29, 0.717) is 6.54 Å². The first-order valence-electron chi connectivity index (χ1n) is 6.90. The van der Waals surface area contributed by atoms with Crippen molar-refractivity contribution in [3.63, 3.8) is 0 Å². The lowest BCUT2D eigenvalue weighted by atomic mass is 9.74. The molecule has 0 atom stereocenters. The Bertz CT molecular complexity index is 280. The third-order valence-electron chi connectivity index (χ3n) is 3.55. The summed E-state index contributed by atoms with van der Waals surface area (Å²) >= 11 is 0. The van der Waals surface area contributed by atoms with Crippen LogP contribution in [0.25, 0.3) is 0 Å². The van der Waals surface area contributed by atoms with Crippen molar-refractivity contribution in [2.75, 3.05) is 26.2 Å². The number of amides is 2. The van der Waals surface area contributed by atoms with E-state index in [2.05, 4.69) is 22.9 Å². The standard InChI is InChI=1S/C13H25N3O2/c1-3-5-13(6-8-14-9-7-13)12(18)16-10-11(17)15-4-2/h14H,3-10H2,1-2H3,(H,15,17)(H,16,18). The molecule has 3 N–H and O–H groups in total. The summed E-state index contributed by atoms with van der Waals surface area (Å²) in [4.78, 5) is 23.7. The van der Waals surface area contributed by atoms with Crippen LogP contribution in [0.5, 0.6) is 0 Å². The minimum atomic E-state index is -0.271. The van der Waals surface area contributed by atoms with E-state index in [1.807, 2.05) is 6.92 Å². The predicted octanol–water partition coefficient (Wildman–Crippen LogP) is 0.409. The molecule has 1 heterocycles. The average molecular weight is 255 g/mol. The maximum atomic E-state index is 12.3. The second kappa shape index (κ2) is 7.36. The molecule has 5 heteroatoms. The van der Waals surface area contributed by atoms with Gasteiger partial charge in [-0.15, -0.1) is 0 Å². The quantitative estimate of drug-likeness (QED) is 0.644. The molecule has 0 aromatic carbocycles. The Morgan fingerprint density at radius 1 is 1.17 bits per heavy atom. The molecule has 5 nitrogen and oxygen atoms in total. The normalized spacial score (nSPS) is 18.1. The lowest BCUT2D eigenvalue weighted by Crippen LogP contribution is -2.49. The van der Waals surface area contributed by atoms with Crippen molar-refractivity contribution in [2.45, 2.75) is 39.5 Å². The first kappa shape index (κ1) is 15.0.